The molecule has 8 aromatic carbocycles. The van der Waals surface area contributed by atoms with Gasteiger partial charge in [0.25, 0.3) is 0 Å². The van der Waals surface area contributed by atoms with E-state index in [4.69, 9.17) is 0 Å². The lowest BCUT2D eigenvalue weighted by molar-refractivity contribution is 1.56. The Hall–Kier alpha value is -4.88. The van der Waals surface area contributed by atoms with Crippen molar-refractivity contribution >= 4 is 67.3 Å². The molecule has 0 amide bonds. The van der Waals surface area contributed by atoms with Gasteiger partial charge >= 0.3 is 0 Å². The number of hydrogen-bond acceptors (Lipinski definition) is 0. The zero-order valence-electron chi connectivity index (χ0n) is 23.5. The van der Waals surface area contributed by atoms with Crippen molar-refractivity contribution in [1.29, 1.82) is 0 Å². The number of benzene rings is 6. The molecular formula is C40H29B. The molecule has 8 rings (SSSR count). The van der Waals surface area contributed by atoms with Gasteiger partial charge < -0.3 is 0 Å². The van der Waals surface area contributed by atoms with Crippen LogP contribution < -0.4 is 5.22 Å². The summed E-state index contributed by atoms with van der Waals surface area (Å²) in [5, 5.41) is 14.7. The predicted molar refractivity (Wildman–Crippen MR) is 183 cm³/mol. The van der Waals surface area contributed by atoms with Crippen molar-refractivity contribution in [2.75, 3.05) is 0 Å². The van der Waals surface area contributed by atoms with Gasteiger partial charge in [-0.15, -0.1) is 0 Å². The lowest BCUT2D eigenvalue weighted by atomic mass is 9.87. The van der Waals surface area contributed by atoms with Crippen LogP contribution in [0, 0.1) is 6.92 Å². The molecule has 0 saturated heterocycles. The summed E-state index contributed by atoms with van der Waals surface area (Å²) in [6.07, 6.45) is 2.99. The molecule has 192 valence electrons. The first-order valence-electron chi connectivity index (χ1n) is 14.6. The van der Waals surface area contributed by atoms with Gasteiger partial charge in [0.15, 0.2) is 0 Å². The predicted octanol–water partition coefficient (Wildman–Crippen LogP) is 9.64. The van der Waals surface area contributed by atoms with Crippen LogP contribution in [-0.4, -0.2) is 7.85 Å². The van der Waals surface area contributed by atoms with E-state index in [0.717, 1.165) is 6.32 Å². The Morgan fingerprint density at radius 2 is 1.05 bits per heavy atom. The van der Waals surface area contributed by atoms with Gasteiger partial charge in [0.1, 0.15) is 7.85 Å². The number of allylic oxidation sites excluding steroid dienone is 1. The average molecular weight is 520 g/mol. The molecule has 0 fully saturated rings. The van der Waals surface area contributed by atoms with Gasteiger partial charge in [-0.25, -0.2) is 0 Å². The van der Waals surface area contributed by atoms with Gasteiger partial charge in [-0.05, 0) is 99.4 Å². The summed E-state index contributed by atoms with van der Waals surface area (Å²) in [5.74, 6) is 0. The molecule has 0 spiro atoms. The minimum atomic E-state index is 0.951. The number of aryl methyl sites for hydroxylation is 1. The van der Waals surface area contributed by atoms with Crippen LogP contribution in [0.5, 0.6) is 0 Å². The van der Waals surface area contributed by atoms with E-state index < -0.39 is 0 Å². The van der Waals surface area contributed by atoms with E-state index in [0.29, 0.717) is 0 Å². The highest BCUT2D eigenvalue weighted by Gasteiger charge is 2.26. The normalized spacial score (nSPS) is 12.7. The summed E-state index contributed by atoms with van der Waals surface area (Å²) in [6, 6.07) is 42.5. The fraction of sp³-hybridized carbons (Fsp3) is 0.0500. The van der Waals surface area contributed by atoms with E-state index in [1.165, 1.54) is 92.5 Å². The topological polar surface area (TPSA) is 0 Å². The molecule has 0 nitrogen and oxygen atoms in total. The molecule has 0 aliphatic rings. The Labute approximate surface area is 241 Å². The number of hydrogen-bond donors (Lipinski definition) is 0. The number of rotatable bonds is 4. The van der Waals surface area contributed by atoms with E-state index in [9.17, 15) is 0 Å². The van der Waals surface area contributed by atoms with Gasteiger partial charge in [0.2, 0.25) is 0 Å². The third kappa shape index (κ3) is 3.24. The highest BCUT2D eigenvalue weighted by atomic mass is 14.3. The molecule has 8 aromatic rings. The van der Waals surface area contributed by atoms with Crippen LogP contribution in [0.25, 0.3) is 81.7 Å². The molecule has 41 heavy (non-hydrogen) atoms. The molecule has 0 unspecified atom stereocenters. The maximum Gasteiger partial charge on any atom is 0.107 e. The minimum Gasteiger partial charge on any atom is -0.0988 e. The quantitative estimate of drug-likeness (QED) is 0.203. The molecule has 1 heteroatoms. The third-order valence-corrected chi connectivity index (χ3v) is 9.13. The summed E-state index contributed by atoms with van der Waals surface area (Å²) in [7, 11) is 2.23. The first-order valence-corrected chi connectivity index (χ1v) is 14.6. The highest BCUT2D eigenvalue weighted by Crippen LogP contribution is 2.54. The van der Waals surface area contributed by atoms with Crippen molar-refractivity contribution in [3.8, 4) is 22.3 Å². The van der Waals surface area contributed by atoms with Crippen molar-refractivity contribution in [2.24, 2.45) is 0 Å². The Kier molecular flexibility index (Phi) is 5.31. The smallest absolute Gasteiger partial charge is 0.0988 e. The Morgan fingerprint density at radius 3 is 1.59 bits per heavy atom. The first-order chi connectivity index (χ1) is 20.2. The van der Waals surface area contributed by atoms with Gasteiger partial charge in [0.05, 0.1) is 0 Å². The molecule has 0 radical (unpaired) electrons. The summed E-state index contributed by atoms with van der Waals surface area (Å²) in [5.41, 5.74) is 7.85. The van der Waals surface area contributed by atoms with Crippen LogP contribution >= 0.6 is 0 Å². The second-order valence-corrected chi connectivity index (χ2v) is 11.1. The molecule has 0 N–H and O–H groups in total. The van der Waals surface area contributed by atoms with Crippen LogP contribution in [0.15, 0.2) is 128 Å². The van der Waals surface area contributed by atoms with Crippen molar-refractivity contribution in [1.82, 2.24) is 0 Å². The van der Waals surface area contributed by atoms with E-state index >= 15 is 0 Å². The van der Waals surface area contributed by atoms with Crippen LogP contribution in [0.4, 0.5) is 0 Å². The number of fused-ring (bicyclic) bond motifs is 6. The van der Waals surface area contributed by atoms with Gasteiger partial charge in [-0.2, -0.15) is 0 Å². The summed E-state index contributed by atoms with van der Waals surface area (Å²) in [4.78, 5) is 0. The summed E-state index contributed by atoms with van der Waals surface area (Å²) < 4.78 is 0. The standard InChI is InChI=1S/C40H29B/c1-3-25(23-41)29-19-12-22-30-33(29)24(2)34-36(27-13-6-4-7-14-27)39-31-20-10-17-26-18-11-21-32(35(26)31)40(39)37(38(30)34)28-15-8-5-9-16-28/h3-22H,1,23,41H2,2H3/b29-25+. The van der Waals surface area contributed by atoms with Crippen molar-refractivity contribution in [3.63, 3.8) is 0 Å². The van der Waals surface area contributed by atoms with E-state index in [2.05, 4.69) is 137 Å². The maximum atomic E-state index is 4.19. The summed E-state index contributed by atoms with van der Waals surface area (Å²) >= 11 is 0. The highest BCUT2D eigenvalue weighted by molar-refractivity contribution is 6.43. The zero-order chi connectivity index (χ0) is 27.7. The van der Waals surface area contributed by atoms with Crippen LogP contribution in [-0.2, 0) is 0 Å². The van der Waals surface area contributed by atoms with E-state index in [1.54, 1.807) is 0 Å². The average Bonchev–Trinajstić information content (AvgIpc) is 3.52. The van der Waals surface area contributed by atoms with Gasteiger partial charge in [0, 0.05) is 0 Å². The fourth-order valence-corrected chi connectivity index (χ4v) is 7.48. The van der Waals surface area contributed by atoms with E-state index in [-0.39, 0.29) is 0 Å². The molecule has 0 aromatic heterocycles. The lowest BCUT2D eigenvalue weighted by Crippen LogP contribution is -2.05. The fourth-order valence-electron chi connectivity index (χ4n) is 7.48. The second-order valence-electron chi connectivity index (χ2n) is 11.1. The SMILES string of the molecule is BC/C(C=C)=c1\cccc2c1c(C)c1c(-c3ccccc3)c3c4cccc5cccc(c3c(-c3ccccc3)c12)c54. The van der Waals surface area contributed by atoms with E-state index in [1.807, 2.05) is 6.08 Å². The zero-order valence-corrected chi connectivity index (χ0v) is 23.5. The van der Waals surface area contributed by atoms with Crippen molar-refractivity contribution in [3.05, 3.63) is 139 Å². The molecule has 0 heterocycles. The molecule has 0 saturated carbocycles. The lowest BCUT2D eigenvalue weighted by Gasteiger charge is -2.15. The van der Waals surface area contributed by atoms with Crippen molar-refractivity contribution in [2.45, 2.75) is 13.2 Å². The van der Waals surface area contributed by atoms with Crippen LogP contribution in [0.3, 0.4) is 0 Å². The first kappa shape index (κ1) is 24.0. The molecule has 0 atom stereocenters. The maximum absolute atomic E-state index is 4.19. The molecule has 0 bridgehead atoms. The molecular weight excluding hydrogens is 491 g/mol. The molecule has 0 aliphatic heterocycles. The Morgan fingerprint density at radius 1 is 0.561 bits per heavy atom. The van der Waals surface area contributed by atoms with Gasteiger partial charge in [-0.1, -0.05) is 134 Å². The Bertz CT molecular complexity index is 2340. The van der Waals surface area contributed by atoms with Crippen LogP contribution in [0.1, 0.15) is 5.56 Å². The van der Waals surface area contributed by atoms with Gasteiger partial charge in [-0.3, -0.25) is 0 Å². The largest absolute Gasteiger partial charge is 0.107 e. The summed E-state index contributed by atoms with van der Waals surface area (Å²) in [6.45, 7) is 6.52. The van der Waals surface area contributed by atoms with Crippen LogP contribution in [0.2, 0.25) is 6.32 Å². The second kappa shape index (κ2) is 9.08. The minimum absolute atomic E-state index is 0.951. The molecule has 0 aliphatic carbocycles. The Balaban J connectivity index is 1.80. The third-order valence-electron chi connectivity index (χ3n) is 9.13. The monoisotopic (exact) mass is 520 g/mol. The van der Waals surface area contributed by atoms with Crippen molar-refractivity contribution < 1.29 is 0 Å².